The minimum absolute atomic E-state index is 0.0271. The molecule has 0 saturated carbocycles. The van der Waals surface area contributed by atoms with Crippen LogP contribution < -0.4 is 15.2 Å². The van der Waals surface area contributed by atoms with Crippen LogP contribution in [0.2, 0.25) is 0 Å². The molecule has 24 heavy (non-hydrogen) atoms. The molecule has 1 saturated heterocycles. The lowest BCUT2D eigenvalue weighted by Gasteiger charge is -2.34. The molecule has 1 unspecified atom stereocenters. The van der Waals surface area contributed by atoms with Crippen LogP contribution in [-0.4, -0.2) is 53.6 Å². The molecule has 0 aliphatic carbocycles. The molecule has 126 valence electrons. The van der Waals surface area contributed by atoms with Gasteiger partial charge >= 0.3 is 0 Å². The smallest absolute Gasteiger partial charge is 0.260 e. The van der Waals surface area contributed by atoms with Gasteiger partial charge in [-0.2, -0.15) is 0 Å². The number of nitrogens with two attached hydrogens (primary N) is 1. The molecule has 1 atom stereocenters. The Labute approximate surface area is 138 Å². The van der Waals surface area contributed by atoms with Crippen molar-refractivity contribution in [3.05, 3.63) is 23.3 Å². The van der Waals surface area contributed by atoms with Crippen LogP contribution in [0.25, 0.3) is 0 Å². The molecule has 3 aliphatic heterocycles. The van der Waals surface area contributed by atoms with Crippen molar-refractivity contribution >= 4 is 17.7 Å². The molecular weight excluding hydrogens is 314 g/mol. The lowest BCUT2D eigenvalue weighted by molar-refractivity contribution is -0.118. The first-order valence-electron chi connectivity index (χ1n) is 7.90. The van der Waals surface area contributed by atoms with Gasteiger partial charge in [-0.3, -0.25) is 14.4 Å². The van der Waals surface area contributed by atoms with E-state index in [9.17, 15) is 14.4 Å². The molecule has 8 nitrogen and oxygen atoms in total. The Hall–Kier alpha value is -2.77. The summed E-state index contributed by atoms with van der Waals surface area (Å²) >= 11 is 0. The highest BCUT2D eigenvalue weighted by molar-refractivity contribution is 6.03. The van der Waals surface area contributed by atoms with Crippen molar-refractivity contribution in [2.75, 3.05) is 19.8 Å². The molecular formula is C16H17N3O5. The number of hydrogen-bond donors (Lipinski definition) is 1. The lowest BCUT2D eigenvalue weighted by atomic mass is 10.0. The molecule has 4 rings (SSSR count). The molecule has 3 aliphatic rings. The molecule has 1 aromatic rings. The molecule has 0 radical (unpaired) electrons. The third kappa shape index (κ3) is 2.26. The lowest BCUT2D eigenvalue weighted by Crippen LogP contribution is -2.44. The summed E-state index contributed by atoms with van der Waals surface area (Å²) in [7, 11) is 0. The van der Waals surface area contributed by atoms with E-state index in [1.54, 1.807) is 17.0 Å². The zero-order valence-corrected chi connectivity index (χ0v) is 13.0. The first-order valence-corrected chi connectivity index (χ1v) is 7.90. The highest BCUT2D eigenvalue weighted by Gasteiger charge is 2.39. The Kier molecular flexibility index (Phi) is 3.33. The van der Waals surface area contributed by atoms with Crippen LogP contribution in [0.5, 0.6) is 11.5 Å². The van der Waals surface area contributed by atoms with E-state index in [0.717, 1.165) is 12.8 Å². The SMILES string of the molecule is NC(=O)CCN1COc2cc3c(cc2C1=O)OC1CCCN1C3=O. The monoisotopic (exact) mass is 331 g/mol. The third-order valence-electron chi connectivity index (χ3n) is 4.56. The van der Waals surface area contributed by atoms with Crippen molar-refractivity contribution in [3.8, 4) is 11.5 Å². The quantitative estimate of drug-likeness (QED) is 0.859. The number of ether oxygens (including phenoxy) is 2. The number of rotatable bonds is 3. The van der Waals surface area contributed by atoms with E-state index in [1.807, 2.05) is 0 Å². The van der Waals surface area contributed by atoms with Gasteiger partial charge in [0.1, 0.15) is 11.5 Å². The number of fused-ring (bicyclic) bond motifs is 3. The molecule has 0 aromatic heterocycles. The molecule has 1 fully saturated rings. The fourth-order valence-electron chi connectivity index (χ4n) is 3.29. The summed E-state index contributed by atoms with van der Waals surface area (Å²) in [6.07, 6.45) is 1.51. The van der Waals surface area contributed by atoms with Gasteiger partial charge in [0, 0.05) is 25.9 Å². The average molecular weight is 331 g/mol. The normalized spacial score (nSPS) is 21.6. The minimum atomic E-state index is -0.478. The van der Waals surface area contributed by atoms with Crippen molar-refractivity contribution in [2.45, 2.75) is 25.5 Å². The second-order valence-electron chi connectivity index (χ2n) is 6.12. The number of carbonyl (C=O) groups excluding carboxylic acids is 3. The van der Waals surface area contributed by atoms with E-state index < -0.39 is 5.91 Å². The number of primary amides is 1. The topological polar surface area (TPSA) is 102 Å². The van der Waals surface area contributed by atoms with E-state index in [0.29, 0.717) is 29.2 Å². The molecule has 3 heterocycles. The van der Waals surface area contributed by atoms with E-state index in [-0.39, 0.29) is 37.7 Å². The maximum atomic E-state index is 12.6. The van der Waals surface area contributed by atoms with E-state index in [1.165, 1.54) is 4.90 Å². The van der Waals surface area contributed by atoms with Gasteiger partial charge in [0.25, 0.3) is 11.8 Å². The zero-order valence-electron chi connectivity index (χ0n) is 13.0. The van der Waals surface area contributed by atoms with Gasteiger partial charge in [0.05, 0.1) is 11.1 Å². The van der Waals surface area contributed by atoms with Gasteiger partial charge in [0.2, 0.25) is 5.91 Å². The van der Waals surface area contributed by atoms with Crippen LogP contribution in [0.4, 0.5) is 0 Å². The fraction of sp³-hybridized carbons (Fsp3) is 0.438. The first-order chi connectivity index (χ1) is 11.5. The van der Waals surface area contributed by atoms with Gasteiger partial charge in [-0.1, -0.05) is 0 Å². The summed E-state index contributed by atoms with van der Waals surface area (Å²) in [6, 6.07) is 3.14. The molecule has 1 aromatic carbocycles. The molecule has 2 N–H and O–H groups in total. The number of nitrogens with zero attached hydrogens (tertiary/aromatic N) is 2. The maximum Gasteiger partial charge on any atom is 0.260 e. The van der Waals surface area contributed by atoms with Crippen molar-refractivity contribution in [2.24, 2.45) is 5.73 Å². The summed E-state index contributed by atoms with van der Waals surface area (Å²) in [6.45, 7) is 0.904. The number of hydrogen-bond acceptors (Lipinski definition) is 5. The standard InChI is InChI=1S/C16H17N3O5/c17-13(20)3-5-18-8-23-11-6-10-12(7-9(11)15(18)21)24-14-2-1-4-19(14)16(10)22/h6-7,14H,1-5,8H2,(H2,17,20). The molecule has 0 bridgehead atoms. The largest absolute Gasteiger partial charge is 0.472 e. The number of benzene rings is 1. The fourth-order valence-corrected chi connectivity index (χ4v) is 3.29. The van der Waals surface area contributed by atoms with Crippen LogP contribution >= 0.6 is 0 Å². The molecule has 8 heteroatoms. The summed E-state index contributed by atoms with van der Waals surface area (Å²) in [5.74, 6) is -0.0486. The Morgan fingerprint density at radius 3 is 2.75 bits per heavy atom. The summed E-state index contributed by atoms with van der Waals surface area (Å²) in [5.41, 5.74) is 5.88. The number of amides is 3. The van der Waals surface area contributed by atoms with Crippen LogP contribution in [0.15, 0.2) is 12.1 Å². The highest BCUT2D eigenvalue weighted by Crippen LogP contribution is 2.38. The van der Waals surface area contributed by atoms with Crippen molar-refractivity contribution in [1.82, 2.24) is 9.80 Å². The average Bonchev–Trinajstić information content (AvgIpc) is 3.02. The Morgan fingerprint density at radius 2 is 1.96 bits per heavy atom. The Morgan fingerprint density at radius 1 is 1.21 bits per heavy atom. The molecule has 0 spiro atoms. The van der Waals surface area contributed by atoms with Crippen molar-refractivity contribution in [1.29, 1.82) is 0 Å². The summed E-state index contributed by atoms with van der Waals surface area (Å²) in [4.78, 5) is 39.1. The van der Waals surface area contributed by atoms with Crippen LogP contribution in [0.3, 0.4) is 0 Å². The summed E-state index contributed by atoms with van der Waals surface area (Å²) < 4.78 is 11.5. The van der Waals surface area contributed by atoms with E-state index >= 15 is 0 Å². The van der Waals surface area contributed by atoms with E-state index in [2.05, 4.69) is 0 Å². The summed E-state index contributed by atoms with van der Waals surface area (Å²) in [5, 5.41) is 0. The predicted octanol–water partition coefficient (Wildman–Crippen LogP) is 0.309. The van der Waals surface area contributed by atoms with Gasteiger partial charge in [0.15, 0.2) is 13.0 Å². The van der Waals surface area contributed by atoms with Crippen LogP contribution in [-0.2, 0) is 4.79 Å². The van der Waals surface area contributed by atoms with Crippen molar-refractivity contribution in [3.63, 3.8) is 0 Å². The number of carbonyl (C=O) groups is 3. The van der Waals surface area contributed by atoms with E-state index in [4.69, 9.17) is 15.2 Å². The second-order valence-corrected chi connectivity index (χ2v) is 6.12. The van der Waals surface area contributed by atoms with Gasteiger partial charge in [-0.15, -0.1) is 0 Å². The predicted molar refractivity (Wildman–Crippen MR) is 81.5 cm³/mol. The van der Waals surface area contributed by atoms with Crippen molar-refractivity contribution < 1.29 is 23.9 Å². The second kappa shape index (κ2) is 5.40. The minimum Gasteiger partial charge on any atom is -0.472 e. The van der Waals surface area contributed by atoms with Gasteiger partial charge < -0.3 is 25.0 Å². The highest BCUT2D eigenvalue weighted by atomic mass is 16.5. The first kappa shape index (κ1) is 14.8. The van der Waals surface area contributed by atoms with Gasteiger partial charge in [-0.25, -0.2) is 0 Å². The zero-order chi connectivity index (χ0) is 16.8. The maximum absolute atomic E-state index is 12.6. The van der Waals surface area contributed by atoms with Crippen LogP contribution in [0.1, 0.15) is 40.0 Å². The Balaban J connectivity index is 1.65. The Bertz CT molecular complexity index is 747. The van der Waals surface area contributed by atoms with Crippen LogP contribution in [0, 0.1) is 0 Å². The third-order valence-corrected chi connectivity index (χ3v) is 4.56. The van der Waals surface area contributed by atoms with Gasteiger partial charge in [-0.05, 0) is 18.6 Å². The molecule has 3 amide bonds.